The maximum atomic E-state index is 11.3. The van der Waals surface area contributed by atoms with E-state index in [9.17, 15) is 14.4 Å². The van der Waals surface area contributed by atoms with Gasteiger partial charge in [-0.1, -0.05) is 47.8 Å². The van der Waals surface area contributed by atoms with Gasteiger partial charge >= 0.3 is 11.9 Å². The van der Waals surface area contributed by atoms with E-state index in [1.807, 2.05) is 0 Å². The third kappa shape index (κ3) is 12.5. The highest BCUT2D eigenvalue weighted by molar-refractivity contribution is 9.09. The SMILES string of the molecule is O=C(CBr)CCC[NH+](CCOC(=O)CBr)CCOC(=O)CBr. The van der Waals surface area contributed by atoms with Crippen molar-refractivity contribution in [3.05, 3.63) is 0 Å². The molecule has 0 aliphatic heterocycles. The van der Waals surface area contributed by atoms with Crippen molar-refractivity contribution in [2.75, 3.05) is 48.8 Å². The maximum Gasteiger partial charge on any atom is 0.316 e. The van der Waals surface area contributed by atoms with Crippen LogP contribution in [0.2, 0.25) is 0 Å². The standard InChI is InChI=1S/C13H20Br3NO5/c14-8-11(18)2-1-3-17(4-6-21-12(19)9-15)5-7-22-13(20)10-16/h1-10H2/p+1. The Kier molecular flexibility index (Phi) is 14.6. The molecular weight excluding hydrogens is 490 g/mol. The van der Waals surface area contributed by atoms with Gasteiger partial charge in [-0.2, -0.15) is 0 Å². The minimum Gasteiger partial charge on any atom is -0.459 e. The Labute approximate surface area is 155 Å². The summed E-state index contributed by atoms with van der Waals surface area (Å²) in [7, 11) is 0. The van der Waals surface area contributed by atoms with E-state index in [0.29, 0.717) is 38.1 Å². The van der Waals surface area contributed by atoms with Gasteiger partial charge in [-0.25, -0.2) is 0 Å². The van der Waals surface area contributed by atoms with Crippen LogP contribution >= 0.6 is 47.8 Å². The van der Waals surface area contributed by atoms with Crippen LogP contribution in [0.1, 0.15) is 12.8 Å². The monoisotopic (exact) mass is 508 g/mol. The minimum atomic E-state index is -0.306. The summed E-state index contributed by atoms with van der Waals surface area (Å²) in [6.07, 6.45) is 1.26. The average molecular weight is 511 g/mol. The van der Waals surface area contributed by atoms with E-state index < -0.39 is 0 Å². The molecule has 0 aromatic rings. The highest BCUT2D eigenvalue weighted by atomic mass is 79.9. The summed E-state index contributed by atoms with van der Waals surface area (Å²) in [6.45, 7) is 2.60. The molecule has 22 heavy (non-hydrogen) atoms. The van der Waals surface area contributed by atoms with Gasteiger partial charge in [0.05, 0.1) is 11.9 Å². The predicted molar refractivity (Wildman–Crippen MR) is 93.1 cm³/mol. The van der Waals surface area contributed by atoms with E-state index in [-0.39, 0.29) is 28.4 Å². The molecule has 0 aliphatic rings. The lowest BCUT2D eigenvalue weighted by Gasteiger charge is -2.19. The summed E-state index contributed by atoms with van der Waals surface area (Å²) < 4.78 is 10.0. The highest BCUT2D eigenvalue weighted by Crippen LogP contribution is 1.92. The van der Waals surface area contributed by atoms with Gasteiger partial charge < -0.3 is 14.4 Å². The molecule has 9 heteroatoms. The Morgan fingerprint density at radius 1 is 0.773 bits per heavy atom. The zero-order valence-corrected chi connectivity index (χ0v) is 17.0. The van der Waals surface area contributed by atoms with Crippen molar-refractivity contribution in [2.45, 2.75) is 12.8 Å². The summed E-state index contributed by atoms with van der Waals surface area (Å²) in [6, 6.07) is 0. The summed E-state index contributed by atoms with van der Waals surface area (Å²) in [5, 5.41) is 0.712. The summed E-state index contributed by atoms with van der Waals surface area (Å²) >= 11 is 9.19. The van der Waals surface area contributed by atoms with E-state index in [4.69, 9.17) is 9.47 Å². The number of carbonyl (C=O) groups is 3. The van der Waals surface area contributed by atoms with Crippen molar-refractivity contribution >= 4 is 65.5 Å². The largest absolute Gasteiger partial charge is 0.459 e. The molecule has 0 spiro atoms. The average Bonchev–Trinajstić information content (AvgIpc) is 2.53. The molecule has 6 nitrogen and oxygen atoms in total. The first-order valence-corrected chi connectivity index (χ1v) is 10.2. The van der Waals surface area contributed by atoms with Crippen molar-refractivity contribution < 1.29 is 28.8 Å². The van der Waals surface area contributed by atoms with Crippen LogP contribution in [0, 0.1) is 0 Å². The topological polar surface area (TPSA) is 74.1 Å². The van der Waals surface area contributed by atoms with Gasteiger partial charge in [-0.3, -0.25) is 14.4 Å². The molecule has 0 atom stereocenters. The fraction of sp³-hybridized carbons (Fsp3) is 0.769. The molecule has 128 valence electrons. The van der Waals surface area contributed by atoms with Gasteiger partial charge in [0.25, 0.3) is 0 Å². The molecule has 0 amide bonds. The van der Waals surface area contributed by atoms with Gasteiger partial charge in [-0.05, 0) is 0 Å². The zero-order valence-electron chi connectivity index (χ0n) is 12.2. The lowest BCUT2D eigenvalue weighted by molar-refractivity contribution is -0.900. The zero-order chi connectivity index (χ0) is 16.8. The van der Waals surface area contributed by atoms with E-state index in [2.05, 4.69) is 47.8 Å². The highest BCUT2D eigenvalue weighted by Gasteiger charge is 2.12. The normalized spacial score (nSPS) is 10.5. The van der Waals surface area contributed by atoms with Crippen LogP contribution in [-0.2, 0) is 23.9 Å². The number of alkyl halides is 3. The Balaban J connectivity index is 4.09. The van der Waals surface area contributed by atoms with Crippen molar-refractivity contribution in [3.63, 3.8) is 0 Å². The van der Waals surface area contributed by atoms with E-state index in [0.717, 1.165) is 17.9 Å². The van der Waals surface area contributed by atoms with E-state index in [1.54, 1.807) is 0 Å². The predicted octanol–water partition coefficient (Wildman–Crippen LogP) is 0.492. The molecule has 0 aromatic carbocycles. The van der Waals surface area contributed by atoms with Gasteiger partial charge in [0.1, 0.15) is 42.7 Å². The van der Waals surface area contributed by atoms with Gasteiger partial charge in [0, 0.05) is 12.8 Å². The third-order valence-corrected chi connectivity index (χ3v) is 4.33. The molecule has 0 bridgehead atoms. The first-order chi connectivity index (χ1) is 10.5. The Hall–Kier alpha value is 0.01000. The van der Waals surface area contributed by atoms with Crippen molar-refractivity contribution in [2.24, 2.45) is 0 Å². The first-order valence-electron chi connectivity index (χ1n) is 6.87. The first kappa shape index (κ1) is 22.0. The molecule has 0 unspecified atom stereocenters. The second-order valence-electron chi connectivity index (χ2n) is 4.48. The smallest absolute Gasteiger partial charge is 0.316 e. The Morgan fingerprint density at radius 2 is 1.27 bits per heavy atom. The second-order valence-corrected chi connectivity index (χ2v) is 6.17. The number of quaternary nitrogens is 1. The molecule has 0 saturated carbocycles. The van der Waals surface area contributed by atoms with Gasteiger partial charge in [0.15, 0.2) is 0 Å². The molecular formula is C13H21Br3NO5+. The lowest BCUT2D eigenvalue weighted by atomic mass is 10.2. The van der Waals surface area contributed by atoms with Crippen molar-refractivity contribution in [1.82, 2.24) is 0 Å². The summed E-state index contributed by atoms with van der Waals surface area (Å²) in [5.74, 6) is -0.449. The third-order valence-electron chi connectivity index (χ3n) is 2.79. The number of hydrogen-bond acceptors (Lipinski definition) is 5. The molecule has 0 saturated heterocycles. The van der Waals surface area contributed by atoms with Crippen LogP contribution in [0.5, 0.6) is 0 Å². The molecule has 0 radical (unpaired) electrons. The van der Waals surface area contributed by atoms with Gasteiger partial charge in [0.2, 0.25) is 0 Å². The lowest BCUT2D eigenvalue weighted by Crippen LogP contribution is -3.13. The van der Waals surface area contributed by atoms with E-state index in [1.165, 1.54) is 0 Å². The number of ether oxygens (including phenoxy) is 2. The molecule has 0 rings (SSSR count). The molecule has 1 N–H and O–H groups in total. The number of halogens is 3. The number of Topliss-reactive ketones (excluding diaryl/α,β-unsaturated/α-hetero) is 1. The van der Waals surface area contributed by atoms with Crippen LogP contribution < -0.4 is 4.90 Å². The van der Waals surface area contributed by atoms with Crippen LogP contribution in [0.25, 0.3) is 0 Å². The number of rotatable bonds is 13. The molecule has 0 heterocycles. The van der Waals surface area contributed by atoms with Crippen LogP contribution in [0.4, 0.5) is 0 Å². The number of esters is 2. The fourth-order valence-electron chi connectivity index (χ4n) is 1.67. The minimum absolute atomic E-state index is 0.163. The quantitative estimate of drug-likeness (QED) is 0.288. The number of hydrogen-bond donors (Lipinski definition) is 1. The summed E-state index contributed by atoms with van der Waals surface area (Å²) in [4.78, 5) is 34.6. The molecule has 0 fully saturated rings. The number of ketones is 1. The van der Waals surface area contributed by atoms with Crippen LogP contribution in [-0.4, -0.2) is 66.6 Å². The summed E-state index contributed by atoms with van der Waals surface area (Å²) in [5.41, 5.74) is 0. The number of carbonyl (C=O) groups excluding carboxylic acids is 3. The maximum absolute atomic E-state index is 11.3. The van der Waals surface area contributed by atoms with E-state index >= 15 is 0 Å². The fourth-order valence-corrected chi connectivity index (χ4v) is 2.28. The Bertz CT molecular complexity index is 302. The van der Waals surface area contributed by atoms with Crippen LogP contribution in [0.3, 0.4) is 0 Å². The van der Waals surface area contributed by atoms with Gasteiger partial charge in [-0.15, -0.1) is 0 Å². The van der Waals surface area contributed by atoms with Crippen LogP contribution in [0.15, 0.2) is 0 Å². The number of nitrogens with one attached hydrogen (secondary N) is 1. The molecule has 0 aliphatic carbocycles. The second kappa shape index (κ2) is 14.6. The van der Waals surface area contributed by atoms with Crippen molar-refractivity contribution in [3.8, 4) is 0 Å². The van der Waals surface area contributed by atoms with Crippen molar-refractivity contribution in [1.29, 1.82) is 0 Å². The molecule has 0 aromatic heterocycles. The Morgan fingerprint density at radius 3 is 1.68 bits per heavy atom.